The van der Waals surface area contributed by atoms with Gasteiger partial charge in [-0.2, -0.15) is 0 Å². The molecular formula is C11H12BrFN2O3. The Morgan fingerprint density at radius 3 is 2.72 bits per heavy atom. The Labute approximate surface area is 112 Å². The number of hydrogen-bond acceptors (Lipinski definition) is 3. The van der Waals surface area contributed by atoms with Gasteiger partial charge >= 0.3 is 11.8 Å². The van der Waals surface area contributed by atoms with Gasteiger partial charge in [0.1, 0.15) is 5.82 Å². The molecule has 0 saturated heterocycles. The topological polar surface area (TPSA) is 78.4 Å². The minimum atomic E-state index is -0.993. The number of benzene rings is 1. The molecule has 0 heterocycles. The van der Waals surface area contributed by atoms with Crippen molar-refractivity contribution in [1.82, 2.24) is 5.32 Å². The average molecular weight is 319 g/mol. The zero-order valence-corrected chi connectivity index (χ0v) is 11.1. The molecular weight excluding hydrogens is 307 g/mol. The molecule has 18 heavy (non-hydrogen) atoms. The number of aliphatic hydroxyl groups excluding tert-OH is 1. The summed E-state index contributed by atoms with van der Waals surface area (Å²) in [6, 6.07) is 3.97. The smallest absolute Gasteiger partial charge is 0.313 e. The summed E-state index contributed by atoms with van der Waals surface area (Å²) in [5.74, 6) is -2.57. The fourth-order valence-electron chi connectivity index (χ4n) is 1.09. The minimum Gasteiger partial charge on any atom is -0.392 e. The lowest BCUT2D eigenvalue weighted by Gasteiger charge is -2.08. The van der Waals surface area contributed by atoms with E-state index in [0.717, 1.165) is 6.07 Å². The summed E-state index contributed by atoms with van der Waals surface area (Å²) < 4.78 is 13.9. The molecule has 1 atom stereocenters. The highest BCUT2D eigenvalue weighted by Crippen LogP contribution is 2.19. The highest BCUT2D eigenvalue weighted by atomic mass is 79.9. The van der Waals surface area contributed by atoms with Crippen molar-refractivity contribution in [2.45, 2.75) is 13.0 Å². The molecule has 5 nitrogen and oxygen atoms in total. The van der Waals surface area contributed by atoms with E-state index < -0.39 is 23.7 Å². The van der Waals surface area contributed by atoms with E-state index in [-0.39, 0.29) is 12.2 Å². The van der Waals surface area contributed by atoms with Gasteiger partial charge in [-0.15, -0.1) is 0 Å². The molecule has 1 aromatic carbocycles. The van der Waals surface area contributed by atoms with Crippen molar-refractivity contribution in [3.63, 3.8) is 0 Å². The normalized spacial score (nSPS) is 11.8. The Morgan fingerprint density at radius 1 is 1.44 bits per heavy atom. The van der Waals surface area contributed by atoms with Gasteiger partial charge in [0.05, 0.1) is 11.8 Å². The van der Waals surface area contributed by atoms with Crippen LogP contribution in [0.5, 0.6) is 0 Å². The number of amides is 2. The minimum absolute atomic E-state index is 0.0484. The lowest BCUT2D eigenvalue weighted by molar-refractivity contribution is -0.136. The summed E-state index contributed by atoms with van der Waals surface area (Å²) in [6.45, 7) is 1.42. The summed E-state index contributed by atoms with van der Waals surface area (Å²) in [5, 5.41) is 13.3. The summed E-state index contributed by atoms with van der Waals surface area (Å²) in [5.41, 5.74) is -0.0958. The third-order valence-corrected chi connectivity index (χ3v) is 2.43. The van der Waals surface area contributed by atoms with Crippen LogP contribution in [0.4, 0.5) is 10.1 Å². The predicted molar refractivity (Wildman–Crippen MR) is 67.4 cm³/mol. The number of anilines is 1. The number of carbonyl (C=O) groups is 2. The lowest BCUT2D eigenvalue weighted by Crippen LogP contribution is -2.38. The van der Waals surface area contributed by atoms with Gasteiger partial charge in [-0.05, 0) is 25.1 Å². The Hall–Kier alpha value is -1.47. The van der Waals surface area contributed by atoms with Gasteiger partial charge in [-0.3, -0.25) is 9.59 Å². The first kappa shape index (κ1) is 14.6. The van der Waals surface area contributed by atoms with Crippen LogP contribution in [0.2, 0.25) is 0 Å². The Bertz CT molecular complexity index is 466. The van der Waals surface area contributed by atoms with Gasteiger partial charge in [0, 0.05) is 11.0 Å². The highest BCUT2D eigenvalue weighted by molar-refractivity contribution is 9.10. The van der Waals surface area contributed by atoms with E-state index in [1.807, 2.05) is 0 Å². The van der Waals surface area contributed by atoms with Gasteiger partial charge in [0.2, 0.25) is 0 Å². The van der Waals surface area contributed by atoms with Gasteiger partial charge in [0.15, 0.2) is 0 Å². The van der Waals surface area contributed by atoms with E-state index in [4.69, 9.17) is 5.11 Å². The number of nitrogens with one attached hydrogen (secondary N) is 2. The third kappa shape index (κ3) is 4.42. The van der Waals surface area contributed by atoms with Gasteiger partial charge < -0.3 is 15.7 Å². The molecule has 0 bridgehead atoms. The second-order valence-corrected chi connectivity index (χ2v) is 4.55. The summed E-state index contributed by atoms with van der Waals surface area (Å²) in [6.07, 6.45) is -0.760. The molecule has 0 spiro atoms. The summed E-state index contributed by atoms with van der Waals surface area (Å²) in [4.78, 5) is 22.7. The van der Waals surface area contributed by atoms with Crippen molar-refractivity contribution < 1.29 is 19.1 Å². The van der Waals surface area contributed by atoms with Crippen LogP contribution < -0.4 is 10.6 Å². The van der Waals surface area contributed by atoms with Crippen LogP contribution in [0, 0.1) is 5.82 Å². The molecule has 98 valence electrons. The van der Waals surface area contributed by atoms with Crippen LogP contribution in [0.3, 0.4) is 0 Å². The maximum absolute atomic E-state index is 13.3. The number of carbonyl (C=O) groups excluding carboxylic acids is 2. The lowest BCUT2D eigenvalue weighted by atomic mass is 10.3. The average Bonchev–Trinajstić information content (AvgIpc) is 2.30. The quantitative estimate of drug-likeness (QED) is 0.728. The van der Waals surface area contributed by atoms with Crippen LogP contribution in [0.1, 0.15) is 6.92 Å². The predicted octanol–water partition coefficient (Wildman–Crippen LogP) is 1.02. The van der Waals surface area contributed by atoms with Crippen LogP contribution in [-0.2, 0) is 9.59 Å². The monoisotopic (exact) mass is 318 g/mol. The number of rotatable bonds is 3. The Kier molecular flexibility index (Phi) is 5.24. The van der Waals surface area contributed by atoms with E-state index in [1.165, 1.54) is 19.1 Å². The van der Waals surface area contributed by atoms with Crippen LogP contribution in [-0.4, -0.2) is 29.6 Å². The summed E-state index contributed by atoms with van der Waals surface area (Å²) in [7, 11) is 0. The number of hydrogen-bond donors (Lipinski definition) is 3. The fraction of sp³-hybridized carbons (Fsp3) is 0.273. The Balaban J connectivity index is 2.64. The molecule has 0 unspecified atom stereocenters. The van der Waals surface area contributed by atoms with Crippen molar-refractivity contribution in [2.75, 3.05) is 11.9 Å². The molecule has 0 aliphatic carbocycles. The van der Waals surface area contributed by atoms with Crippen molar-refractivity contribution in [1.29, 1.82) is 0 Å². The number of halogens is 2. The van der Waals surface area contributed by atoms with Crippen molar-refractivity contribution >= 4 is 33.4 Å². The van der Waals surface area contributed by atoms with Gasteiger partial charge in [-0.25, -0.2) is 4.39 Å². The highest BCUT2D eigenvalue weighted by Gasteiger charge is 2.15. The molecule has 0 radical (unpaired) electrons. The van der Waals surface area contributed by atoms with Gasteiger partial charge in [-0.1, -0.05) is 15.9 Å². The molecule has 0 aliphatic heterocycles. The molecule has 2 amide bonds. The van der Waals surface area contributed by atoms with Crippen molar-refractivity contribution in [3.8, 4) is 0 Å². The Morgan fingerprint density at radius 2 is 2.11 bits per heavy atom. The largest absolute Gasteiger partial charge is 0.392 e. The molecule has 0 aromatic heterocycles. The molecule has 7 heteroatoms. The van der Waals surface area contributed by atoms with Crippen molar-refractivity contribution in [2.24, 2.45) is 0 Å². The second kappa shape index (κ2) is 6.46. The second-order valence-electron chi connectivity index (χ2n) is 3.64. The standard InChI is InChI=1S/C11H12BrFN2O3/c1-6(16)5-14-10(17)11(18)15-9-4-7(12)2-3-8(9)13/h2-4,6,16H,5H2,1H3,(H,14,17)(H,15,18)/t6-/m0/s1. The van der Waals surface area contributed by atoms with E-state index in [2.05, 4.69) is 26.6 Å². The SMILES string of the molecule is C[C@H](O)CNC(=O)C(=O)Nc1cc(Br)ccc1F. The zero-order valence-electron chi connectivity index (χ0n) is 9.54. The summed E-state index contributed by atoms with van der Waals surface area (Å²) >= 11 is 3.12. The van der Waals surface area contributed by atoms with E-state index in [9.17, 15) is 14.0 Å². The molecule has 0 fully saturated rings. The first-order valence-corrected chi connectivity index (χ1v) is 5.91. The molecule has 0 saturated carbocycles. The van der Waals surface area contributed by atoms with E-state index >= 15 is 0 Å². The van der Waals surface area contributed by atoms with Crippen LogP contribution in [0.15, 0.2) is 22.7 Å². The maximum Gasteiger partial charge on any atom is 0.313 e. The van der Waals surface area contributed by atoms with E-state index in [1.54, 1.807) is 0 Å². The maximum atomic E-state index is 13.3. The van der Waals surface area contributed by atoms with E-state index in [0.29, 0.717) is 4.47 Å². The van der Waals surface area contributed by atoms with Crippen molar-refractivity contribution in [3.05, 3.63) is 28.5 Å². The first-order chi connectivity index (χ1) is 8.40. The fourth-order valence-corrected chi connectivity index (χ4v) is 1.45. The first-order valence-electron chi connectivity index (χ1n) is 5.12. The molecule has 1 aromatic rings. The van der Waals surface area contributed by atoms with Gasteiger partial charge in [0.25, 0.3) is 0 Å². The zero-order chi connectivity index (χ0) is 13.7. The molecule has 0 aliphatic rings. The third-order valence-electron chi connectivity index (χ3n) is 1.94. The van der Waals surface area contributed by atoms with Crippen LogP contribution in [0.25, 0.3) is 0 Å². The number of aliphatic hydroxyl groups is 1. The molecule has 3 N–H and O–H groups in total. The molecule has 1 rings (SSSR count). The van der Waals surface area contributed by atoms with Crippen LogP contribution >= 0.6 is 15.9 Å².